The Labute approximate surface area is 349 Å². The van der Waals surface area contributed by atoms with Crippen LogP contribution >= 0.6 is 0 Å². The van der Waals surface area contributed by atoms with E-state index in [9.17, 15) is 0 Å². The molecule has 0 saturated heterocycles. The number of fused-ring (bicyclic) bond motifs is 3. The Morgan fingerprint density at radius 2 is 0.550 bits per heavy atom. The van der Waals surface area contributed by atoms with Crippen molar-refractivity contribution >= 4 is 32.3 Å². The molecular formula is C57H37N3. The fourth-order valence-corrected chi connectivity index (χ4v) is 8.78. The molecular weight excluding hydrogens is 727 g/mol. The summed E-state index contributed by atoms with van der Waals surface area (Å²) in [6.45, 7) is 0. The standard InChI is InChI=1S/C57H37N3/c1-5-19-38(20-6-1)42-33-34-50(52(37-42)39-21-7-2-8-22-39)54-47-31-17-15-29-45(47)53(46-30-16-18-32-48(46)54)49-35-36-51(44-28-14-13-27-43(44)49)57-59-55(40-23-9-3-10-24-40)58-56(60-57)41-25-11-4-12-26-41/h1-37H. The van der Waals surface area contributed by atoms with E-state index >= 15 is 0 Å². The van der Waals surface area contributed by atoms with Gasteiger partial charge in [0.25, 0.3) is 0 Å². The molecule has 3 heteroatoms. The molecule has 10 aromatic carbocycles. The minimum Gasteiger partial charge on any atom is -0.208 e. The lowest BCUT2D eigenvalue weighted by Gasteiger charge is -2.21. The highest BCUT2D eigenvalue weighted by Gasteiger charge is 2.22. The number of nitrogens with zero attached hydrogens (tertiary/aromatic N) is 3. The third kappa shape index (κ3) is 6.21. The molecule has 60 heavy (non-hydrogen) atoms. The molecule has 0 amide bonds. The number of aromatic nitrogens is 3. The van der Waals surface area contributed by atoms with E-state index in [2.05, 4.69) is 188 Å². The molecule has 1 heterocycles. The maximum Gasteiger partial charge on any atom is 0.164 e. The SMILES string of the molecule is c1ccc(-c2ccc(-c3c4ccccc4c(-c4ccc(-c5nc(-c6ccccc6)nc(-c6ccccc6)n5)c5ccccc45)c4ccccc34)c(-c3ccccc3)c2)cc1. The molecule has 0 radical (unpaired) electrons. The number of rotatable bonds is 7. The summed E-state index contributed by atoms with van der Waals surface area (Å²) in [5.41, 5.74) is 12.5. The van der Waals surface area contributed by atoms with Crippen LogP contribution in [0.4, 0.5) is 0 Å². The largest absolute Gasteiger partial charge is 0.208 e. The van der Waals surface area contributed by atoms with Gasteiger partial charge in [-0.1, -0.05) is 212 Å². The van der Waals surface area contributed by atoms with Crippen molar-refractivity contribution in [1.82, 2.24) is 15.0 Å². The Morgan fingerprint density at radius 1 is 0.200 bits per heavy atom. The summed E-state index contributed by atoms with van der Waals surface area (Å²) < 4.78 is 0. The summed E-state index contributed by atoms with van der Waals surface area (Å²) in [5.74, 6) is 1.93. The van der Waals surface area contributed by atoms with Gasteiger partial charge in [-0.25, -0.2) is 15.0 Å². The van der Waals surface area contributed by atoms with E-state index in [1.54, 1.807) is 0 Å². The molecule has 0 bridgehead atoms. The zero-order valence-electron chi connectivity index (χ0n) is 32.7. The van der Waals surface area contributed by atoms with Crippen LogP contribution in [0.5, 0.6) is 0 Å². The van der Waals surface area contributed by atoms with E-state index in [0.29, 0.717) is 17.5 Å². The van der Waals surface area contributed by atoms with Crippen LogP contribution in [0, 0.1) is 0 Å². The van der Waals surface area contributed by atoms with Gasteiger partial charge < -0.3 is 0 Å². The number of hydrogen-bond donors (Lipinski definition) is 0. The first-order valence-corrected chi connectivity index (χ1v) is 20.4. The maximum absolute atomic E-state index is 5.13. The summed E-state index contributed by atoms with van der Waals surface area (Å²) in [6, 6.07) is 79.7. The molecule has 3 nitrogen and oxygen atoms in total. The van der Waals surface area contributed by atoms with Crippen LogP contribution in [0.3, 0.4) is 0 Å². The molecule has 0 saturated carbocycles. The Balaban J connectivity index is 1.15. The van der Waals surface area contributed by atoms with Crippen molar-refractivity contribution in [1.29, 1.82) is 0 Å². The fraction of sp³-hybridized carbons (Fsp3) is 0. The van der Waals surface area contributed by atoms with Crippen LogP contribution in [0.1, 0.15) is 0 Å². The van der Waals surface area contributed by atoms with Gasteiger partial charge in [0, 0.05) is 16.7 Å². The molecule has 0 aliphatic rings. The summed E-state index contributed by atoms with van der Waals surface area (Å²) in [7, 11) is 0. The summed E-state index contributed by atoms with van der Waals surface area (Å²) >= 11 is 0. The highest BCUT2D eigenvalue weighted by atomic mass is 15.0. The first-order chi connectivity index (χ1) is 29.8. The molecule has 11 rings (SSSR count). The van der Waals surface area contributed by atoms with Crippen LogP contribution in [-0.2, 0) is 0 Å². The second-order valence-electron chi connectivity index (χ2n) is 15.1. The van der Waals surface area contributed by atoms with Gasteiger partial charge in [-0.15, -0.1) is 0 Å². The van der Waals surface area contributed by atoms with Crippen LogP contribution in [0.2, 0.25) is 0 Å². The first kappa shape index (κ1) is 35.2. The lowest BCUT2D eigenvalue weighted by molar-refractivity contribution is 1.08. The van der Waals surface area contributed by atoms with Gasteiger partial charge in [-0.3, -0.25) is 0 Å². The van der Waals surface area contributed by atoms with Crippen LogP contribution in [-0.4, -0.2) is 15.0 Å². The normalized spacial score (nSPS) is 11.3. The van der Waals surface area contributed by atoms with Crippen molar-refractivity contribution in [2.45, 2.75) is 0 Å². The van der Waals surface area contributed by atoms with Gasteiger partial charge in [-0.2, -0.15) is 0 Å². The van der Waals surface area contributed by atoms with Crippen LogP contribution < -0.4 is 0 Å². The molecule has 0 N–H and O–H groups in total. The van der Waals surface area contributed by atoms with Crippen molar-refractivity contribution in [3.63, 3.8) is 0 Å². The molecule has 0 spiro atoms. The van der Waals surface area contributed by atoms with E-state index in [4.69, 9.17) is 15.0 Å². The van der Waals surface area contributed by atoms with Gasteiger partial charge in [0.2, 0.25) is 0 Å². The van der Waals surface area contributed by atoms with Crippen molar-refractivity contribution in [2.24, 2.45) is 0 Å². The monoisotopic (exact) mass is 763 g/mol. The predicted octanol–water partition coefficient (Wildman–Crippen LogP) is 15.0. The zero-order chi connectivity index (χ0) is 39.8. The second kappa shape index (κ2) is 15.1. The van der Waals surface area contributed by atoms with Gasteiger partial charge >= 0.3 is 0 Å². The topological polar surface area (TPSA) is 38.7 Å². The number of benzene rings is 10. The molecule has 1 aromatic heterocycles. The second-order valence-corrected chi connectivity index (χ2v) is 15.1. The minimum atomic E-state index is 0.642. The smallest absolute Gasteiger partial charge is 0.164 e. The van der Waals surface area contributed by atoms with Gasteiger partial charge in [-0.05, 0) is 89.0 Å². The van der Waals surface area contributed by atoms with Crippen LogP contribution in [0.15, 0.2) is 224 Å². The predicted molar refractivity (Wildman–Crippen MR) is 250 cm³/mol. The molecule has 0 unspecified atom stereocenters. The first-order valence-electron chi connectivity index (χ1n) is 20.4. The maximum atomic E-state index is 5.13. The molecule has 0 atom stereocenters. The Hall–Kier alpha value is -8.01. The van der Waals surface area contributed by atoms with Crippen molar-refractivity contribution in [3.8, 4) is 78.7 Å². The molecule has 0 fully saturated rings. The minimum absolute atomic E-state index is 0.642. The Kier molecular flexibility index (Phi) is 8.83. The van der Waals surface area contributed by atoms with Crippen molar-refractivity contribution in [3.05, 3.63) is 224 Å². The van der Waals surface area contributed by atoms with Gasteiger partial charge in [0.15, 0.2) is 17.5 Å². The summed E-state index contributed by atoms with van der Waals surface area (Å²) in [5, 5.41) is 7.04. The fourth-order valence-electron chi connectivity index (χ4n) is 8.78. The molecule has 0 aliphatic heterocycles. The third-order valence-corrected chi connectivity index (χ3v) is 11.5. The van der Waals surface area contributed by atoms with E-state index < -0.39 is 0 Å². The van der Waals surface area contributed by atoms with E-state index in [1.165, 1.54) is 60.5 Å². The molecule has 0 aliphatic carbocycles. The highest BCUT2D eigenvalue weighted by molar-refractivity contribution is 6.25. The van der Waals surface area contributed by atoms with E-state index in [0.717, 1.165) is 33.0 Å². The summed E-state index contributed by atoms with van der Waals surface area (Å²) in [4.78, 5) is 15.2. The quantitative estimate of drug-likeness (QED) is 0.152. The van der Waals surface area contributed by atoms with Gasteiger partial charge in [0.05, 0.1) is 0 Å². The Bertz CT molecular complexity index is 3230. The highest BCUT2D eigenvalue weighted by Crippen LogP contribution is 2.48. The summed E-state index contributed by atoms with van der Waals surface area (Å²) in [6.07, 6.45) is 0. The Morgan fingerprint density at radius 3 is 1.05 bits per heavy atom. The van der Waals surface area contributed by atoms with E-state index in [-0.39, 0.29) is 0 Å². The lowest BCUT2D eigenvalue weighted by Crippen LogP contribution is -2.00. The average Bonchev–Trinajstić information content (AvgIpc) is 3.34. The average molecular weight is 764 g/mol. The van der Waals surface area contributed by atoms with Gasteiger partial charge in [0.1, 0.15) is 0 Å². The van der Waals surface area contributed by atoms with Crippen LogP contribution in [0.25, 0.3) is 111 Å². The molecule has 280 valence electrons. The van der Waals surface area contributed by atoms with Crippen molar-refractivity contribution < 1.29 is 0 Å². The lowest BCUT2D eigenvalue weighted by atomic mass is 9.82. The van der Waals surface area contributed by atoms with Crippen molar-refractivity contribution in [2.75, 3.05) is 0 Å². The molecule has 11 aromatic rings. The van der Waals surface area contributed by atoms with E-state index in [1.807, 2.05) is 36.4 Å². The third-order valence-electron chi connectivity index (χ3n) is 11.5. The zero-order valence-corrected chi connectivity index (χ0v) is 32.7. The number of hydrogen-bond acceptors (Lipinski definition) is 3.